The quantitative estimate of drug-likeness (QED) is 0.709. The van der Waals surface area contributed by atoms with Crippen molar-refractivity contribution in [1.82, 2.24) is 20.2 Å². The van der Waals surface area contributed by atoms with E-state index in [9.17, 15) is 4.79 Å². The van der Waals surface area contributed by atoms with Gasteiger partial charge in [0.1, 0.15) is 0 Å². The molecule has 0 spiro atoms. The van der Waals surface area contributed by atoms with E-state index in [2.05, 4.69) is 20.2 Å². The minimum atomic E-state index is -0.176. The summed E-state index contributed by atoms with van der Waals surface area (Å²) in [5.41, 5.74) is 2.47. The molecule has 1 aliphatic heterocycles. The van der Waals surface area contributed by atoms with E-state index >= 15 is 0 Å². The van der Waals surface area contributed by atoms with Crippen LogP contribution in [0.2, 0.25) is 5.02 Å². The van der Waals surface area contributed by atoms with Crippen LogP contribution >= 0.6 is 11.6 Å². The van der Waals surface area contributed by atoms with Gasteiger partial charge in [-0.1, -0.05) is 17.7 Å². The van der Waals surface area contributed by atoms with Crippen LogP contribution in [0.5, 0.6) is 0 Å². The first-order valence-corrected chi connectivity index (χ1v) is 9.37. The zero-order valence-corrected chi connectivity index (χ0v) is 15.6. The third-order valence-electron chi connectivity index (χ3n) is 4.92. The lowest BCUT2D eigenvalue weighted by Crippen LogP contribution is -2.43. The molecule has 2 aromatic heterocycles. The molecule has 1 unspecified atom stereocenters. The molecule has 7 heteroatoms. The number of rotatable bonds is 5. The third kappa shape index (κ3) is 3.83. The summed E-state index contributed by atoms with van der Waals surface area (Å²) in [4.78, 5) is 22.4. The third-order valence-corrected chi connectivity index (χ3v) is 5.33. The van der Waals surface area contributed by atoms with Crippen molar-refractivity contribution in [2.45, 2.75) is 6.04 Å². The van der Waals surface area contributed by atoms with Crippen molar-refractivity contribution in [1.29, 1.82) is 0 Å². The van der Waals surface area contributed by atoms with Gasteiger partial charge in [-0.3, -0.25) is 14.7 Å². The highest BCUT2D eigenvalue weighted by Crippen LogP contribution is 2.27. The monoisotopic (exact) mass is 384 g/mol. The zero-order valence-electron chi connectivity index (χ0n) is 14.8. The number of nitrogens with zero attached hydrogens (tertiary/aromatic N) is 2. The first-order valence-electron chi connectivity index (χ1n) is 8.99. The molecule has 1 fully saturated rings. The van der Waals surface area contributed by atoms with Crippen LogP contribution in [0.25, 0.3) is 10.9 Å². The Labute approximate surface area is 162 Å². The summed E-state index contributed by atoms with van der Waals surface area (Å²) in [5, 5.41) is 4.37. The second kappa shape index (κ2) is 8.08. The maximum absolute atomic E-state index is 12.8. The van der Waals surface area contributed by atoms with Crippen LogP contribution in [0, 0.1) is 0 Å². The van der Waals surface area contributed by atoms with Crippen LogP contribution < -0.4 is 5.32 Å². The Bertz CT molecular complexity index is 922. The van der Waals surface area contributed by atoms with E-state index in [0.717, 1.165) is 29.6 Å². The van der Waals surface area contributed by atoms with Gasteiger partial charge in [0.2, 0.25) is 0 Å². The predicted molar refractivity (Wildman–Crippen MR) is 105 cm³/mol. The van der Waals surface area contributed by atoms with E-state index in [1.165, 1.54) is 0 Å². The average Bonchev–Trinajstić information content (AvgIpc) is 3.20. The standard InChI is InChI=1S/C20H21ClN4O2/c21-19-15-5-7-23-17(15)4-3-16(19)20(26)24-13-18(14-2-1-6-22-12-14)25-8-10-27-11-9-25/h1-7,12,18,23H,8-11,13H2,(H,24,26). The molecule has 1 atom stereocenters. The number of pyridine rings is 1. The number of benzene rings is 1. The molecule has 0 radical (unpaired) electrons. The van der Waals surface area contributed by atoms with Gasteiger partial charge in [0.15, 0.2) is 0 Å². The van der Waals surface area contributed by atoms with Crippen LogP contribution in [0.4, 0.5) is 0 Å². The molecule has 0 saturated carbocycles. The normalized spacial score (nSPS) is 16.3. The number of fused-ring (bicyclic) bond motifs is 1. The largest absolute Gasteiger partial charge is 0.379 e. The number of carbonyl (C=O) groups excluding carboxylic acids is 1. The summed E-state index contributed by atoms with van der Waals surface area (Å²) in [6, 6.07) is 9.50. The molecule has 3 aromatic rings. The Kier molecular flexibility index (Phi) is 5.38. The van der Waals surface area contributed by atoms with Crippen LogP contribution in [-0.4, -0.2) is 53.6 Å². The first kappa shape index (κ1) is 18.0. The second-order valence-corrected chi connectivity index (χ2v) is 6.90. The Morgan fingerprint density at radius 3 is 2.93 bits per heavy atom. The Hall–Kier alpha value is -2.41. The topological polar surface area (TPSA) is 70.2 Å². The van der Waals surface area contributed by atoms with E-state index in [4.69, 9.17) is 16.3 Å². The maximum atomic E-state index is 12.8. The van der Waals surface area contributed by atoms with Crippen molar-refractivity contribution in [2.24, 2.45) is 0 Å². The number of hydrogen-bond acceptors (Lipinski definition) is 4. The second-order valence-electron chi connectivity index (χ2n) is 6.53. The summed E-state index contributed by atoms with van der Waals surface area (Å²) in [6.07, 6.45) is 5.42. The number of aromatic nitrogens is 2. The minimum Gasteiger partial charge on any atom is -0.379 e. The lowest BCUT2D eigenvalue weighted by atomic mass is 10.1. The lowest BCUT2D eigenvalue weighted by molar-refractivity contribution is 0.0161. The first-order chi connectivity index (χ1) is 13.2. The van der Waals surface area contributed by atoms with Gasteiger partial charge in [-0.05, 0) is 29.8 Å². The number of halogens is 1. The molecule has 0 bridgehead atoms. The Morgan fingerprint density at radius 2 is 2.15 bits per heavy atom. The zero-order chi connectivity index (χ0) is 18.6. The molecule has 4 rings (SSSR count). The van der Waals surface area contributed by atoms with E-state index < -0.39 is 0 Å². The lowest BCUT2D eigenvalue weighted by Gasteiger charge is -2.34. The molecule has 2 N–H and O–H groups in total. The number of H-pyrrole nitrogens is 1. The smallest absolute Gasteiger partial charge is 0.252 e. The number of hydrogen-bond donors (Lipinski definition) is 2. The molecule has 6 nitrogen and oxygen atoms in total. The average molecular weight is 385 g/mol. The van der Waals surface area contributed by atoms with Gasteiger partial charge in [0, 0.05) is 49.1 Å². The fraction of sp³-hybridized carbons (Fsp3) is 0.300. The Morgan fingerprint density at radius 1 is 1.30 bits per heavy atom. The number of aromatic amines is 1. The fourth-order valence-corrected chi connectivity index (χ4v) is 3.79. The molecule has 1 saturated heterocycles. The molecule has 0 aliphatic carbocycles. The number of nitrogens with one attached hydrogen (secondary N) is 2. The maximum Gasteiger partial charge on any atom is 0.252 e. The SMILES string of the molecule is O=C(NCC(c1cccnc1)N1CCOCC1)c1ccc2[nH]ccc2c1Cl. The van der Waals surface area contributed by atoms with E-state index in [1.807, 2.05) is 36.7 Å². The van der Waals surface area contributed by atoms with Gasteiger partial charge in [0.05, 0.1) is 29.8 Å². The molecule has 140 valence electrons. The highest BCUT2D eigenvalue weighted by Gasteiger charge is 2.24. The van der Waals surface area contributed by atoms with Gasteiger partial charge >= 0.3 is 0 Å². The minimum absolute atomic E-state index is 0.0429. The molecular weight excluding hydrogens is 364 g/mol. The molecule has 1 aromatic carbocycles. The van der Waals surface area contributed by atoms with Crippen molar-refractivity contribution in [2.75, 3.05) is 32.8 Å². The number of morpholine rings is 1. The van der Waals surface area contributed by atoms with E-state index in [-0.39, 0.29) is 11.9 Å². The van der Waals surface area contributed by atoms with E-state index in [0.29, 0.717) is 30.3 Å². The molecule has 3 heterocycles. The highest BCUT2D eigenvalue weighted by atomic mass is 35.5. The molecule has 1 amide bonds. The van der Waals surface area contributed by atoms with E-state index in [1.54, 1.807) is 12.3 Å². The van der Waals surface area contributed by atoms with Crippen molar-refractivity contribution in [3.63, 3.8) is 0 Å². The van der Waals surface area contributed by atoms with Gasteiger partial charge in [0.25, 0.3) is 5.91 Å². The number of ether oxygens (including phenoxy) is 1. The van der Waals surface area contributed by atoms with Crippen LogP contribution in [0.15, 0.2) is 48.9 Å². The van der Waals surface area contributed by atoms with Gasteiger partial charge < -0.3 is 15.0 Å². The summed E-state index contributed by atoms with van der Waals surface area (Å²) in [5.74, 6) is -0.176. The van der Waals surface area contributed by atoms with Crippen molar-refractivity contribution in [3.8, 4) is 0 Å². The van der Waals surface area contributed by atoms with Crippen LogP contribution in [0.3, 0.4) is 0 Å². The fourth-order valence-electron chi connectivity index (χ4n) is 3.48. The van der Waals surface area contributed by atoms with Crippen molar-refractivity contribution < 1.29 is 9.53 Å². The summed E-state index contributed by atoms with van der Waals surface area (Å²) in [6.45, 7) is 3.52. The number of carbonyl (C=O) groups is 1. The van der Waals surface area contributed by atoms with Crippen molar-refractivity contribution in [3.05, 3.63) is 65.1 Å². The molecular formula is C20H21ClN4O2. The number of amides is 1. The van der Waals surface area contributed by atoms with Crippen LogP contribution in [0.1, 0.15) is 22.0 Å². The van der Waals surface area contributed by atoms with Crippen LogP contribution in [-0.2, 0) is 4.74 Å². The Balaban J connectivity index is 1.52. The molecule has 27 heavy (non-hydrogen) atoms. The summed E-state index contributed by atoms with van der Waals surface area (Å²) >= 11 is 6.44. The molecule has 1 aliphatic rings. The highest BCUT2D eigenvalue weighted by molar-refractivity contribution is 6.38. The summed E-state index contributed by atoms with van der Waals surface area (Å²) < 4.78 is 5.46. The van der Waals surface area contributed by atoms with Gasteiger partial charge in [-0.2, -0.15) is 0 Å². The van der Waals surface area contributed by atoms with Gasteiger partial charge in [-0.15, -0.1) is 0 Å². The van der Waals surface area contributed by atoms with Gasteiger partial charge in [-0.25, -0.2) is 0 Å². The predicted octanol–water partition coefficient (Wildman–Crippen LogP) is 3.02. The summed E-state index contributed by atoms with van der Waals surface area (Å²) in [7, 11) is 0. The van der Waals surface area contributed by atoms with Crippen molar-refractivity contribution >= 4 is 28.4 Å².